The van der Waals surface area contributed by atoms with E-state index in [1.165, 1.54) is 0 Å². The zero-order chi connectivity index (χ0) is 12.3. The molecular formula is C11H23N3O. The molecule has 0 aromatic heterocycles. The smallest absolute Gasteiger partial charge is 0.234 e. The number of nitrogens with two attached hydrogens (primary N) is 1. The molecule has 0 aliphatic heterocycles. The van der Waals surface area contributed by atoms with Crippen molar-refractivity contribution < 1.29 is 4.79 Å². The summed E-state index contributed by atoms with van der Waals surface area (Å²) < 4.78 is 0. The van der Waals surface area contributed by atoms with Gasteiger partial charge in [-0.2, -0.15) is 0 Å². The lowest BCUT2D eigenvalue weighted by atomic mass is 10.1. The first-order valence-electron chi connectivity index (χ1n) is 5.21. The third-order valence-electron chi connectivity index (χ3n) is 1.66. The summed E-state index contributed by atoms with van der Waals surface area (Å²) in [6.45, 7) is 7.76. The van der Waals surface area contributed by atoms with Gasteiger partial charge in [-0.25, -0.2) is 0 Å². The van der Waals surface area contributed by atoms with E-state index in [4.69, 9.17) is 5.73 Å². The zero-order valence-electron chi connectivity index (χ0n) is 10.4. The van der Waals surface area contributed by atoms with Crippen LogP contribution >= 0.6 is 0 Å². The Morgan fingerprint density at radius 3 is 2.40 bits per heavy atom. The molecule has 88 valence electrons. The van der Waals surface area contributed by atoms with E-state index in [2.05, 4.69) is 10.3 Å². The second-order valence-corrected chi connectivity index (χ2v) is 2.83. The van der Waals surface area contributed by atoms with Crippen LogP contribution in [0.3, 0.4) is 0 Å². The maximum atomic E-state index is 10.8. The summed E-state index contributed by atoms with van der Waals surface area (Å²) in [5, 5.41) is 2.84. The first kappa shape index (κ1) is 16.3. The topological polar surface area (TPSA) is 67.5 Å². The molecule has 0 aliphatic carbocycles. The molecule has 0 fully saturated rings. The molecular weight excluding hydrogens is 190 g/mol. The molecule has 0 heterocycles. The van der Waals surface area contributed by atoms with Crippen molar-refractivity contribution in [2.75, 3.05) is 7.05 Å². The van der Waals surface area contributed by atoms with Crippen molar-refractivity contribution >= 4 is 12.1 Å². The SMILES string of the molecule is CC.CC=N/C=C(\C)CC(NC)C(N)=O. The fourth-order valence-electron chi connectivity index (χ4n) is 0.921. The quantitative estimate of drug-likeness (QED) is 0.679. The van der Waals surface area contributed by atoms with Crippen molar-refractivity contribution in [3.63, 3.8) is 0 Å². The van der Waals surface area contributed by atoms with E-state index < -0.39 is 0 Å². The van der Waals surface area contributed by atoms with Crippen LogP contribution in [0.1, 0.15) is 34.1 Å². The second-order valence-electron chi connectivity index (χ2n) is 2.83. The molecule has 1 unspecified atom stereocenters. The fourth-order valence-corrected chi connectivity index (χ4v) is 0.921. The molecule has 4 heteroatoms. The number of nitrogens with one attached hydrogen (secondary N) is 1. The van der Waals surface area contributed by atoms with Gasteiger partial charge in [0.15, 0.2) is 0 Å². The second kappa shape index (κ2) is 10.9. The Morgan fingerprint density at radius 1 is 1.53 bits per heavy atom. The number of hydrogen-bond acceptors (Lipinski definition) is 3. The largest absolute Gasteiger partial charge is 0.368 e. The molecule has 15 heavy (non-hydrogen) atoms. The van der Waals surface area contributed by atoms with Gasteiger partial charge >= 0.3 is 0 Å². The van der Waals surface area contributed by atoms with Crippen LogP contribution in [-0.4, -0.2) is 25.2 Å². The summed E-state index contributed by atoms with van der Waals surface area (Å²) in [4.78, 5) is 14.8. The van der Waals surface area contributed by atoms with Crippen LogP contribution in [-0.2, 0) is 4.79 Å². The van der Waals surface area contributed by atoms with Gasteiger partial charge in [0.2, 0.25) is 5.91 Å². The maximum absolute atomic E-state index is 10.8. The van der Waals surface area contributed by atoms with Gasteiger partial charge in [-0.15, -0.1) is 0 Å². The number of likely N-dealkylation sites (N-methyl/N-ethyl adjacent to an activating group) is 1. The molecule has 0 aromatic carbocycles. The normalized spacial score (nSPS) is 13.3. The maximum Gasteiger partial charge on any atom is 0.234 e. The Bertz CT molecular complexity index is 222. The summed E-state index contributed by atoms with van der Waals surface area (Å²) in [6, 6.07) is -0.302. The van der Waals surface area contributed by atoms with Gasteiger partial charge in [-0.3, -0.25) is 9.79 Å². The minimum absolute atomic E-state index is 0.302. The van der Waals surface area contributed by atoms with Crippen molar-refractivity contribution in [3.05, 3.63) is 11.8 Å². The molecule has 1 amide bonds. The highest BCUT2D eigenvalue weighted by atomic mass is 16.1. The van der Waals surface area contributed by atoms with Crippen molar-refractivity contribution in [1.29, 1.82) is 0 Å². The van der Waals surface area contributed by atoms with E-state index in [0.717, 1.165) is 5.57 Å². The van der Waals surface area contributed by atoms with Gasteiger partial charge in [0.25, 0.3) is 0 Å². The molecule has 0 rings (SSSR count). The Labute approximate surface area is 92.7 Å². The number of carbonyl (C=O) groups is 1. The van der Waals surface area contributed by atoms with Crippen molar-refractivity contribution in [2.45, 2.75) is 40.2 Å². The Balaban J connectivity index is 0. The number of primary amides is 1. The Kier molecular flexibility index (Phi) is 11.8. The number of aliphatic imine (C=N–C) groups is 1. The highest BCUT2D eigenvalue weighted by Gasteiger charge is 2.12. The predicted octanol–water partition coefficient (Wildman–Crippen LogP) is 1.47. The van der Waals surface area contributed by atoms with Crippen LogP contribution in [0.5, 0.6) is 0 Å². The molecule has 0 spiro atoms. The monoisotopic (exact) mass is 213 g/mol. The standard InChI is InChI=1S/C9H17N3O.C2H6/c1-4-12-6-7(2)5-8(11-3)9(10)13;1-2/h4,6,8,11H,5H2,1-3H3,(H2,10,13);1-2H3/b7-6+,12-4?;. The third-order valence-corrected chi connectivity index (χ3v) is 1.66. The average molecular weight is 213 g/mol. The van der Waals surface area contributed by atoms with Crippen LogP contribution in [0.4, 0.5) is 0 Å². The summed E-state index contributed by atoms with van der Waals surface area (Å²) in [6.07, 6.45) is 4.03. The van der Waals surface area contributed by atoms with E-state index in [1.54, 1.807) is 19.5 Å². The third kappa shape index (κ3) is 9.15. The number of nitrogens with zero attached hydrogens (tertiary/aromatic N) is 1. The van der Waals surface area contributed by atoms with Gasteiger partial charge < -0.3 is 11.1 Å². The first-order chi connectivity index (χ1) is 7.11. The van der Waals surface area contributed by atoms with Gasteiger partial charge in [0.05, 0.1) is 6.04 Å². The van der Waals surface area contributed by atoms with Gasteiger partial charge in [0.1, 0.15) is 0 Å². The van der Waals surface area contributed by atoms with Gasteiger partial charge in [-0.1, -0.05) is 19.4 Å². The van der Waals surface area contributed by atoms with Crippen LogP contribution < -0.4 is 11.1 Å². The number of amides is 1. The number of carbonyl (C=O) groups excluding carboxylic acids is 1. The van der Waals surface area contributed by atoms with E-state index in [-0.39, 0.29) is 11.9 Å². The lowest BCUT2D eigenvalue weighted by Crippen LogP contribution is -2.39. The van der Waals surface area contributed by atoms with Gasteiger partial charge in [0, 0.05) is 12.4 Å². The molecule has 3 N–H and O–H groups in total. The van der Waals surface area contributed by atoms with Crippen molar-refractivity contribution in [1.82, 2.24) is 5.32 Å². The highest BCUT2D eigenvalue weighted by molar-refractivity contribution is 5.80. The molecule has 0 radical (unpaired) electrons. The van der Waals surface area contributed by atoms with Crippen LogP contribution in [0.25, 0.3) is 0 Å². The molecule has 0 bridgehead atoms. The minimum Gasteiger partial charge on any atom is -0.368 e. The van der Waals surface area contributed by atoms with E-state index in [1.807, 2.05) is 27.7 Å². The number of hydrogen-bond donors (Lipinski definition) is 2. The summed E-state index contributed by atoms with van der Waals surface area (Å²) in [7, 11) is 1.71. The van der Waals surface area contributed by atoms with E-state index in [0.29, 0.717) is 6.42 Å². The van der Waals surface area contributed by atoms with Gasteiger partial charge in [-0.05, 0) is 27.3 Å². The van der Waals surface area contributed by atoms with E-state index >= 15 is 0 Å². The lowest BCUT2D eigenvalue weighted by Gasteiger charge is -2.11. The Morgan fingerprint density at radius 2 is 2.07 bits per heavy atom. The summed E-state index contributed by atoms with van der Waals surface area (Å²) >= 11 is 0. The Hall–Kier alpha value is -1.16. The van der Waals surface area contributed by atoms with Crippen LogP contribution in [0.15, 0.2) is 16.8 Å². The summed E-state index contributed by atoms with van der Waals surface area (Å²) in [5.41, 5.74) is 6.18. The van der Waals surface area contributed by atoms with Crippen molar-refractivity contribution in [3.8, 4) is 0 Å². The summed E-state index contributed by atoms with van der Waals surface area (Å²) in [5.74, 6) is -0.337. The molecule has 0 aliphatic rings. The minimum atomic E-state index is -0.337. The fraction of sp³-hybridized carbons (Fsp3) is 0.636. The van der Waals surface area contributed by atoms with Crippen LogP contribution in [0.2, 0.25) is 0 Å². The predicted molar refractivity (Wildman–Crippen MR) is 65.9 cm³/mol. The average Bonchev–Trinajstić information content (AvgIpc) is 2.25. The molecule has 0 saturated heterocycles. The first-order valence-corrected chi connectivity index (χ1v) is 5.21. The molecule has 4 nitrogen and oxygen atoms in total. The lowest BCUT2D eigenvalue weighted by molar-refractivity contribution is -0.119. The molecule has 0 aromatic rings. The zero-order valence-corrected chi connectivity index (χ0v) is 10.4. The molecule has 0 saturated carbocycles. The number of rotatable bonds is 5. The highest BCUT2D eigenvalue weighted by Crippen LogP contribution is 2.03. The van der Waals surface area contributed by atoms with E-state index in [9.17, 15) is 4.79 Å². The van der Waals surface area contributed by atoms with Crippen LogP contribution in [0, 0.1) is 0 Å². The van der Waals surface area contributed by atoms with Crippen molar-refractivity contribution in [2.24, 2.45) is 10.7 Å². The molecule has 1 atom stereocenters.